The zero-order valence-corrected chi connectivity index (χ0v) is 11.9. The number of aromatic carboxylic acids is 1. The van der Waals surface area contributed by atoms with Crippen LogP contribution in [0.25, 0.3) is 10.8 Å². The molecule has 20 heavy (non-hydrogen) atoms. The molecule has 5 heteroatoms. The number of carboxylic acids is 1. The van der Waals surface area contributed by atoms with Crippen molar-refractivity contribution in [1.82, 2.24) is 0 Å². The van der Waals surface area contributed by atoms with Crippen LogP contribution in [0.3, 0.4) is 0 Å². The Hall–Kier alpha value is -2.01. The van der Waals surface area contributed by atoms with Gasteiger partial charge in [-0.15, -0.1) is 0 Å². The van der Waals surface area contributed by atoms with Gasteiger partial charge in [0.25, 0.3) is 0 Å². The topological polar surface area (TPSA) is 66.4 Å². The van der Waals surface area contributed by atoms with Crippen LogP contribution in [0.1, 0.15) is 16.8 Å². The predicted octanol–water partition coefficient (Wildman–Crippen LogP) is 3.23. The highest BCUT2D eigenvalue weighted by Crippen LogP contribution is 2.24. The molecule has 0 radical (unpaired) electrons. The molecule has 0 bridgehead atoms. The first-order valence-corrected chi connectivity index (χ1v) is 7.56. The third-order valence-electron chi connectivity index (χ3n) is 2.92. The summed E-state index contributed by atoms with van der Waals surface area (Å²) in [5.41, 5.74) is 0.462. The number of carbonyl (C=O) groups excluding carboxylic acids is 1. The third-order valence-corrected chi connectivity index (χ3v) is 3.54. The summed E-state index contributed by atoms with van der Waals surface area (Å²) >= 11 is 1.58. The Labute approximate surface area is 121 Å². The standard InChI is InChI=1S/C15H15NO3S/c1-20-7-6-14(17)16-13-9-11-5-3-2-4-10(11)8-12(13)15(18)19/h2-5,8-9H,6-7H2,1H3,(H,16,17)(H,18,19). The van der Waals surface area contributed by atoms with Crippen molar-refractivity contribution in [2.45, 2.75) is 6.42 Å². The summed E-state index contributed by atoms with van der Waals surface area (Å²) in [5, 5.41) is 13.7. The van der Waals surface area contributed by atoms with E-state index in [2.05, 4.69) is 5.32 Å². The highest BCUT2D eigenvalue weighted by Gasteiger charge is 2.13. The second kappa shape index (κ2) is 6.43. The SMILES string of the molecule is CSCCC(=O)Nc1cc2ccccc2cc1C(=O)O. The molecule has 104 valence electrons. The van der Waals surface area contributed by atoms with Gasteiger partial charge in [-0.2, -0.15) is 11.8 Å². The average molecular weight is 289 g/mol. The van der Waals surface area contributed by atoms with E-state index in [0.29, 0.717) is 17.9 Å². The molecule has 0 aliphatic rings. The van der Waals surface area contributed by atoms with Gasteiger partial charge in [0.1, 0.15) is 0 Å². The van der Waals surface area contributed by atoms with Gasteiger partial charge in [-0.25, -0.2) is 4.79 Å². The first-order valence-electron chi connectivity index (χ1n) is 6.16. The molecule has 4 nitrogen and oxygen atoms in total. The van der Waals surface area contributed by atoms with Crippen LogP contribution >= 0.6 is 11.8 Å². The van der Waals surface area contributed by atoms with Crippen molar-refractivity contribution in [2.24, 2.45) is 0 Å². The molecular weight excluding hydrogens is 274 g/mol. The van der Waals surface area contributed by atoms with Crippen molar-refractivity contribution >= 4 is 40.1 Å². The summed E-state index contributed by atoms with van der Waals surface area (Å²) in [4.78, 5) is 23.1. The number of anilines is 1. The number of hydrogen-bond acceptors (Lipinski definition) is 3. The number of rotatable bonds is 5. The monoisotopic (exact) mass is 289 g/mol. The average Bonchev–Trinajstić information content (AvgIpc) is 2.44. The van der Waals surface area contributed by atoms with Crippen LogP contribution in [0.2, 0.25) is 0 Å². The van der Waals surface area contributed by atoms with Gasteiger partial charge >= 0.3 is 5.97 Å². The maximum atomic E-state index is 11.8. The number of benzene rings is 2. The number of amides is 1. The molecule has 1 amide bonds. The zero-order chi connectivity index (χ0) is 14.5. The van der Waals surface area contributed by atoms with E-state index in [-0.39, 0.29) is 11.5 Å². The molecule has 2 aromatic rings. The number of carbonyl (C=O) groups is 2. The zero-order valence-electron chi connectivity index (χ0n) is 11.1. The van der Waals surface area contributed by atoms with Gasteiger partial charge < -0.3 is 10.4 Å². The van der Waals surface area contributed by atoms with Crippen molar-refractivity contribution in [2.75, 3.05) is 17.3 Å². The van der Waals surface area contributed by atoms with Gasteiger partial charge in [0.2, 0.25) is 5.91 Å². The number of thioether (sulfide) groups is 1. The van der Waals surface area contributed by atoms with Crippen molar-refractivity contribution in [3.8, 4) is 0 Å². The summed E-state index contributed by atoms with van der Waals surface area (Å²) in [6.45, 7) is 0. The molecule has 0 fully saturated rings. The molecular formula is C15H15NO3S. The first-order chi connectivity index (χ1) is 9.61. The van der Waals surface area contributed by atoms with Gasteiger partial charge in [0.15, 0.2) is 0 Å². The second-order valence-electron chi connectivity index (χ2n) is 4.34. The lowest BCUT2D eigenvalue weighted by Crippen LogP contribution is -2.15. The molecule has 0 heterocycles. The molecule has 0 saturated heterocycles. The molecule has 0 saturated carbocycles. The van der Waals surface area contributed by atoms with Gasteiger partial charge in [-0.3, -0.25) is 4.79 Å². The highest BCUT2D eigenvalue weighted by atomic mass is 32.2. The minimum absolute atomic E-state index is 0.112. The number of nitrogens with one attached hydrogen (secondary N) is 1. The van der Waals surface area contributed by atoms with Crippen molar-refractivity contribution in [1.29, 1.82) is 0 Å². The molecule has 0 aliphatic carbocycles. The lowest BCUT2D eigenvalue weighted by Gasteiger charge is -2.10. The lowest BCUT2D eigenvalue weighted by atomic mass is 10.0. The fourth-order valence-corrected chi connectivity index (χ4v) is 2.32. The molecule has 0 atom stereocenters. The van der Waals surface area contributed by atoms with Gasteiger partial charge in [0.05, 0.1) is 11.3 Å². The van der Waals surface area contributed by atoms with E-state index >= 15 is 0 Å². The highest BCUT2D eigenvalue weighted by molar-refractivity contribution is 7.98. The van der Waals surface area contributed by atoms with E-state index in [4.69, 9.17) is 0 Å². The van der Waals surface area contributed by atoms with Crippen LogP contribution < -0.4 is 5.32 Å². The van der Waals surface area contributed by atoms with Gasteiger partial charge in [0, 0.05) is 12.2 Å². The minimum Gasteiger partial charge on any atom is -0.478 e. The van der Waals surface area contributed by atoms with E-state index < -0.39 is 5.97 Å². The Morgan fingerprint density at radius 3 is 2.45 bits per heavy atom. The summed E-state index contributed by atoms with van der Waals surface area (Å²) < 4.78 is 0. The van der Waals surface area contributed by atoms with E-state index in [9.17, 15) is 14.7 Å². The van der Waals surface area contributed by atoms with Crippen molar-refractivity contribution in [3.05, 3.63) is 42.0 Å². The summed E-state index contributed by atoms with van der Waals surface area (Å²) in [7, 11) is 0. The quantitative estimate of drug-likeness (QED) is 0.887. The maximum Gasteiger partial charge on any atom is 0.337 e. The molecule has 2 aromatic carbocycles. The van der Waals surface area contributed by atoms with Crippen LogP contribution in [0, 0.1) is 0 Å². The third kappa shape index (κ3) is 3.30. The Balaban J connectivity index is 2.37. The number of hydrogen-bond donors (Lipinski definition) is 2. The fraction of sp³-hybridized carbons (Fsp3) is 0.200. The number of carboxylic acid groups (broad SMARTS) is 1. The van der Waals surface area contributed by atoms with Gasteiger partial charge in [-0.1, -0.05) is 24.3 Å². The first kappa shape index (κ1) is 14.4. The van der Waals surface area contributed by atoms with E-state index in [1.54, 1.807) is 23.9 Å². The molecule has 2 N–H and O–H groups in total. The van der Waals surface area contributed by atoms with Gasteiger partial charge in [-0.05, 0) is 29.2 Å². The van der Waals surface area contributed by atoms with E-state index in [1.165, 1.54) is 0 Å². The van der Waals surface area contributed by atoms with E-state index in [0.717, 1.165) is 10.8 Å². The Bertz CT molecular complexity index is 655. The molecule has 0 unspecified atom stereocenters. The predicted molar refractivity (Wildman–Crippen MR) is 82.5 cm³/mol. The van der Waals surface area contributed by atoms with Crippen molar-refractivity contribution < 1.29 is 14.7 Å². The summed E-state index contributed by atoms with van der Waals surface area (Å²) in [6, 6.07) is 10.8. The van der Waals surface area contributed by atoms with Crippen molar-refractivity contribution in [3.63, 3.8) is 0 Å². The number of fused-ring (bicyclic) bond motifs is 1. The van der Waals surface area contributed by atoms with Crippen LogP contribution in [0.5, 0.6) is 0 Å². The van der Waals surface area contributed by atoms with Crippen LogP contribution in [0.15, 0.2) is 36.4 Å². The second-order valence-corrected chi connectivity index (χ2v) is 5.33. The minimum atomic E-state index is -1.05. The van der Waals surface area contributed by atoms with Crippen LogP contribution in [-0.2, 0) is 4.79 Å². The normalized spacial score (nSPS) is 10.4. The Morgan fingerprint density at radius 1 is 1.20 bits per heavy atom. The smallest absolute Gasteiger partial charge is 0.337 e. The van der Waals surface area contributed by atoms with Crippen LogP contribution in [-0.4, -0.2) is 29.0 Å². The summed E-state index contributed by atoms with van der Waals surface area (Å²) in [6.07, 6.45) is 2.29. The largest absolute Gasteiger partial charge is 0.478 e. The molecule has 0 aliphatic heterocycles. The molecule has 0 spiro atoms. The Morgan fingerprint density at radius 2 is 1.85 bits per heavy atom. The summed E-state index contributed by atoms with van der Waals surface area (Å²) in [5.74, 6) is -0.505. The van der Waals surface area contributed by atoms with Crippen LogP contribution in [0.4, 0.5) is 5.69 Å². The van der Waals surface area contributed by atoms with E-state index in [1.807, 2.05) is 30.5 Å². The maximum absolute atomic E-state index is 11.8. The fourth-order valence-electron chi connectivity index (χ4n) is 1.93. The Kier molecular flexibility index (Phi) is 4.63. The molecule has 2 rings (SSSR count). The molecule has 0 aromatic heterocycles. The lowest BCUT2D eigenvalue weighted by molar-refractivity contribution is -0.115.